The molecule has 25 heavy (non-hydrogen) atoms. The third kappa shape index (κ3) is 3.65. The summed E-state index contributed by atoms with van der Waals surface area (Å²) in [5.41, 5.74) is 5.56. The highest BCUT2D eigenvalue weighted by Crippen LogP contribution is 2.41. The number of halogens is 2. The standard InChI is InChI=1S/C19H18Cl2N2O2/c20-14-7-5-6-13(12-14)19(10-3-4-11-19)18(25)23-22-17(24)15-8-1-2-9-16(15)21/h1-2,5-9,12H,3-4,10-11H2,(H,22,24)(H,23,25). The average molecular weight is 377 g/mol. The minimum absolute atomic E-state index is 0.229. The van der Waals surface area contributed by atoms with Crippen LogP contribution in [0.2, 0.25) is 10.0 Å². The van der Waals surface area contributed by atoms with Gasteiger partial charge in [-0.05, 0) is 42.7 Å². The molecule has 0 unspecified atom stereocenters. The number of carbonyl (C=O) groups excluding carboxylic acids is 2. The van der Waals surface area contributed by atoms with Crippen molar-refractivity contribution in [1.82, 2.24) is 10.9 Å². The van der Waals surface area contributed by atoms with E-state index < -0.39 is 11.3 Å². The molecule has 0 spiro atoms. The molecule has 3 rings (SSSR count). The quantitative estimate of drug-likeness (QED) is 0.785. The molecule has 2 aromatic carbocycles. The van der Waals surface area contributed by atoms with Gasteiger partial charge in [0.05, 0.1) is 16.0 Å². The van der Waals surface area contributed by atoms with E-state index in [9.17, 15) is 9.59 Å². The van der Waals surface area contributed by atoms with E-state index in [-0.39, 0.29) is 5.91 Å². The molecule has 6 heteroatoms. The van der Waals surface area contributed by atoms with Crippen LogP contribution in [0.3, 0.4) is 0 Å². The molecule has 2 amide bonds. The van der Waals surface area contributed by atoms with Crippen molar-refractivity contribution in [1.29, 1.82) is 0 Å². The Labute approximate surface area is 156 Å². The Morgan fingerprint density at radius 2 is 1.64 bits per heavy atom. The molecular weight excluding hydrogens is 359 g/mol. The van der Waals surface area contributed by atoms with Crippen molar-refractivity contribution in [3.63, 3.8) is 0 Å². The van der Waals surface area contributed by atoms with E-state index in [1.165, 1.54) is 0 Å². The molecule has 2 aromatic rings. The third-order valence-corrected chi connectivity index (χ3v) is 5.24. The molecule has 0 aromatic heterocycles. The van der Waals surface area contributed by atoms with Crippen molar-refractivity contribution < 1.29 is 9.59 Å². The van der Waals surface area contributed by atoms with Gasteiger partial charge in [0.15, 0.2) is 0 Å². The van der Waals surface area contributed by atoms with Crippen molar-refractivity contribution in [2.75, 3.05) is 0 Å². The lowest BCUT2D eigenvalue weighted by atomic mass is 9.78. The average Bonchev–Trinajstić information content (AvgIpc) is 3.11. The molecule has 0 saturated heterocycles. The molecule has 0 bridgehead atoms. The first-order valence-corrected chi connectivity index (χ1v) is 8.90. The third-order valence-electron chi connectivity index (χ3n) is 4.68. The maximum atomic E-state index is 12.9. The lowest BCUT2D eigenvalue weighted by molar-refractivity contribution is -0.127. The van der Waals surface area contributed by atoms with Crippen molar-refractivity contribution in [3.8, 4) is 0 Å². The van der Waals surface area contributed by atoms with Gasteiger partial charge in [0.25, 0.3) is 5.91 Å². The summed E-state index contributed by atoms with van der Waals surface area (Å²) in [4.78, 5) is 25.1. The number of rotatable bonds is 3. The van der Waals surface area contributed by atoms with E-state index >= 15 is 0 Å². The van der Waals surface area contributed by atoms with Crippen LogP contribution in [0.5, 0.6) is 0 Å². The van der Waals surface area contributed by atoms with Gasteiger partial charge in [-0.15, -0.1) is 0 Å². The van der Waals surface area contributed by atoms with Gasteiger partial charge < -0.3 is 0 Å². The fourth-order valence-corrected chi connectivity index (χ4v) is 3.77. The Morgan fingerprint density at radius 3 is 2.32 bits per heavy atom. The Balaban J connectivity index is 1.76. The van der Waals surface area contributed by atoms with Gasteiger partial charge in [-0.3, -0.25) is 20.4 Å². The number of amides is 2. The number of carbonyl (C=O) groups is 2. The topological polar surface area (TPSA) is 58.2 Å². The Hall–Kier alpha value is -2.04. The van der Waals surface area contributed by atoms with Crippen LogP contribution in [0.1, 0.15) is 41.6 Å². The first-order valence-electron chi connectivity index (χ1n) is 8.14. The fourth-order valence-electron chi connectivity index (χ4n) is 3.36. The second kappa shape index (κ2) is 7.46. The van der Waals surface area contributed by atoms with E-state index in [4.69, 9.17) is 23.2 Å². The highest BCUT2D eigenvalue weighted by atomic mass is 35.5. The predicted octanol–water partition coefficient (Wildman–Crippen LogP) is 4.27. The maximum Gasteiger partial charge on any atom is 0.271 e. The first-order chi connectivity index (χ1) is 12.0. The molecule has 130 valence electrons. The second-order valence-electron chi connectivity index (χ2n) is 6.19. The van der Waals surface area contributed by atoms with Crippen molar-refractivity contribution in [3.05, 3.63) is 69.7 Å². The molecule has 1 aliphatic carbocycles. The largest absolute Gasteiger partial charge is 0.272 e. The minimum Gasteiger partial charge on any atom is -0.272 e. The van der Waals surface area contributed by atoms with E-state index in [1.807, 2.05) is 18.2 Å². The summed E-state index contributed by atoms with van der Waals surface area (Å²) in [6, 6.07) is 14.0. The van der Waals surface area contributed by atoms with Crippen LogP contribution >= 0.6 is 23.2 Å². The number of nitrogens with one attached hydrogen (secondary N) is 2. The zero-order valence-corrected chi connectivity index (χ0v) is 15.0. The van der Waals surface area contributed by atoms with Gasteiger partial charge in [-0.25, -0.2) is 0 Å². The van der Waals surface area contributed by atoms with E-state index in [0.717, 1.165) is 31.2 Å². The fraction of sp³-hybridized carbons (Fsp3) is 0.263. The van der Waals surface area contributed by atoms with E-state index in [1.54, 1.807) is 30.3 Å². The van der Waals surface area contributed by atoms with Gasteiger partial charge in [0, 0.05) is 5.02 Å². The van der Waals surface area contributed by atoms with Gasteiger partial charge in [0.2, 0.25) is 5.91 Å². The van der Waals surface area contributed by atoms with Crippen LogP contribution in [-0.2, 0) is 10.2 Å². The van der Waals surface area contributed by atoms with Crippen LogP contribution in [0.15, 0.2) is 48.5 Å². The zero-order chi connectivity index (χ0) is 17.9. The molecule has 1 aliphatic rings. The molecule has 0 atom stereocenters. The van der Waals surface area contributed by atoms with Gasteiger partial charge >= 0.3 is 0 Å². The Kier molecular flexibility index (Phi) is 5.30. The SMILES string of the molecule is O=C(NNC(=O)C1(c2cccc(Cl)c2)CCCC1)c1ccccc1Cl. The lowest BCUT2D eigenvalue weighted by Gasteiger charge is -2.28. The van der Waals surface area contributed by atoms with Crippen molar-refractivity contribution in [2.24, 2.45) is 0 Å². The van der Waals surface area contributed by atoms with Crippen LogP contribution in [0.25, 0.3) is 0 Å². The summed E-state index contributed by atoms with van der Waals surface area (Å²) < 4.78 is 0. The van der Waals surface area contributed by atoms with E-state index in [0.29, 0.717) is 15.6 Å². The van der Waals surface area contributed by atoms with Crippen LogP contribution in [0, 0.1) is 0 Å². The first kappa shape index (κ1) is 17.8. The summed E-state index contributed by atoms with van der Waals surface area (Å²) in [7, 11) is 0. The molecular formula is C19H18Cl2N2O2. The van der Waals surface area contributed by atoms with Crippen LogP contribution in [-0.4, -0.2) is 11.8 Å². The monoisotopic (exact) mass is 376 g/mol. The smallest absolute Gasteiger partial charge is 0.271 e. The molecule has 2 N–H and O–H groups in total. The number of hydrogen-bond acceptors (Lipinski definition) is 2. The molecule has 0 radical (unpaired) electrons. The Bertz CT molecular complexity index is 802. The molecule has 1 fully saturated rings. The summed E-state index contributed by atoms with van der Waals surface area (Å²) in [6.07, 6.45) is 3.36. The number of hydrogen-bond donors (Lipinski definition) is 2. The lowest BCUT2D eigenvalue weighted by Crippen LogP contribution is -2.50. The molecule has 4 nitrogen and oxygen atoms in total. The van der Waals surface area contributed by atoms with Crippen molar-refractivity contribution >= 4 is 35.0 Å². The second-order valence-corrected chi connectivity index (χ2v) is 7.03. The number of benzene rings is 2. The predicted molar refractivity (Wildman–Crippen MR) is 98.7 cm³/mol. The zero-order valence-electron chi connectivity index (χ0n) is 13.5. The molecule has 1 saturated carbocycles. The normalized spacial score (nSPS) is 15.6. The number of hydrazine groups is 1. The summed E-state index contributed by atoms with van der Waals surface area (Å²) in [6.45, 7) is 0. The van der Waals surface area contributed by atoms with Crippen molar-refractivity contribution in [2.45, 2.75) is 31.1 Å². The summed E-state index contributed by atoms with van der Waals surface area (Å²) >= 11 is 12.1. The van der Waals surface area contributed by atoms with Gasteiger partial charge in [-0.2, -0.15) is 0 Å². The Morgan fingerprint density at radius 1 is 0.920 bits per heavy atom. The molecule has 0 aliphatic heterocycles. The highest BCUT2D eigenvalue weighted by Gasteiger charge is 2.43. The molecule has 0 heterocycles. The highest BCUT2D eigenvalue weighted by molar-refractivity contribution is 6.33. The van der Waals surface area contributed by atoms with Gasteiger partial charge in [0.1, 0.15) is 0 Å². The minimum atomic E-state index is -0.668. The maximum absolute atomic E-state index is 12.9. The van der Waals surface area contributed by atoms with Gasteiger partial charge in [-0.1, -0.05) is 60.3 Å². The summed E-state index contributed by atoms with van der Waals surface area (Å²) in [5, 5.41) is 0.927. The summed E-state index contributed by atoms with van der Waals surface area (Å²) in [5.74, 6) is -0.675. The van der Waals surface area contributed by atoms with Crippen LogP contribution < -0.4 is 10.9 Å². The van der Waals surface area contributed by atoms with E-state index in [2.05, 4.69) is 10.9 Å². The van der Waals surface area contributed by atoms with Crippen LogP contribution in [0.4, 0.5) is 0 Å².